The highest BCUT2D eigenvalue weighted by Gasteiger charge is 2.15. The number of hydrogen-bond acceptors (Lipinski definition) is 3. The smallest absolute Gasteiger partial charge is 0.119 e. The Balaban J connectivity index is 1.93. The van der Waals surface area contributed by atoms with Gasteiger partial charge in [-0.25, -0.2) is 0 Å². The molecule has 0 unspecified atom stereocenters. The predicted molar refractivity (Wildman–Crippen MR) is 74.1 cm³/mol. The first-order chi connectivity index (χ1) is 8.86. The summed E-state index contributed by atoms with van der Waals surface area (Å²) in [4.78, 5) is 4.67. The molecule has 0 spiro atoms. The van der Waals surface area contributed by atoms with Crippen LogP contribution in [0.3, 0.4) is 0 Å². The molecule has 18 heavy (non-hydrogen) atoms. The van der Waals surface area contributed by atoms with Gasteiger partial charge in [-0.15, -0.1) is 0 Å². The van der Waals surface area contributed by atoms with Crippen molar-refractivity contribution < 1.29 is 4.74 Å². The van der Waals surface area contributed by atoms with Crippen LogP contribution < -0.4 is 10.1 Å². The quantitative estimate of drug-likeness (QED) is 0.871. The third-order valence-corrected chi connectivity index (χ3v) is 3.02. The minimum absolute atomic E-state index is 0.783. The molecule has 0 saturated carbocycles. The first-order valence-electron chi connectivity index (χ1n) is 5.92. The van der Waals surface area contributed by atoms with E-state index in [2.05, 4.69) is 22.4 Å². The fraction of sp³-hybridized carbons (Fsp3) is 0.133. The number of rotatable bonds is 2. The van der Waals surface area contributed by atoms with Crippen molar-refractivity contribution >= 4 is 17.1 Å². The Labute approximate surface area is 106 Å². The number of ether oxygens (including phenoxy) is 1. The van der Waals surface area contributed by atoms with Crippen molar-refractivity contribution in [2.45, 2.75) is 0 Å². The Morgan fingerprint density at radius 1 is 1.06 bits per heavy atom. The topological polar surface area (TPSA) is 33.6 Å². The van der Waals surface area contributed by atoms with E-state index in [1.807, 2.05) is 36.4 Å². The molecule has 3 rings (SSSR count). The second-order valence-electron chi connectivity index (χ2n) is 4.16. The molecule has 2 aromatic carbocycles. The Morgan fingerprint density at radius 2 is 1.83 bits per heavy atom. The summed E-state index contributed by atoms with van der Waals surface area (Å²) in [5.41, 5.74) is 4.37. The van der Waals surface area contributed by atoms with Crippen LogP contribution in [0.15, 0.2) is 53.5 Å². The molecule has 1 N–H and O–H groups in total. The van der Waals surface area contributed by atoms with Gasteiger partial charge >= 0.3 is 0 Å². The highest BCUT2D eigenvalue weighted by atomic mass is 16.5. The summed E-state index contributed by atoms with van der Waals surface area (Å²) in [6.07, 6.45) is 0. The maximum Gasteiger partial charge on any atom is 0.119 e. The van der Waals surface area contributed by atoms with Crippen LogP contribution in [0, 0.1) is 0 Å². The molecule has 3 nitrogen and oxygen atoms in total. The average Bonchev–Trinajstić information content (AvgIpc) is 2.83. The number of methoxy groups -OCH3 is 1. The molecule has 0 aromatic heterocycles. The van der Waals surface area contributed by atoms with Gasteiger partial charge in [0.2, 0.25) is 0 Å². The van der Waals surface area contributed by atoms with Crippen LogP contribution in [-0.2, 0) is 0 Å². The lowest BCUT2D eigenvalue weighted by atomic mass is 10.1. The molecule has 0 atom stereocenters. The molecule has 0 aliphatic carbocycles. The Morgan fingerprint density at radius 3 is 2.61 bits per heavy atom. The van der Waals surface area contributed by atoms with Gasteiger partial charge in [-0.05, 0) is 30.3 Å². The molecule has 2 aromatic rings. The van der Waals surface area contributed by atoms with Crippen LogP contribution in [0.5, 0.6) is 5.75 Å². The van der Waals surface area contributed by atoms with E-state index in [1.165, 1.54) is 5.56 Å². The number of para-hydroxylation sites is 1. The number of nitrogens with zero attached hydrogens (tertiary/aromatic N) is 1. The lowest BCUT2D eigenvalue weighted by Crippen LogP contribution is -2.02. The number of anilines is 1. The van der Waals surface area contributed by atoms with E-state index in [9.17, 15) is 0 Å². The normalized spacial score (nSPS) is 15.3. The van der Waals surface area contributed by atoms with Gasteiger partial charge in [0.15, 0.2) is 0 Å². The molecule has 0 radical (unpaired) electrons. The van der Waals surface area contributed by atoms with E-state index in [-0.39, 0.29) is 0 Å². The molecular weight excluding hydrogens is 224 g/mol. The second kappa shape index (κ2) is 4.53. The summed E-state index contributed by atoms with van der Waals surface area (Å²) in [7, 11) is 1.66. The van der Waals surface area contributed by atoms with Gasteiger partial charge < -0.3 is 10.1 Å². The van der Waals surface area contributed by atoms with E-state index < -0.39 is 0 Å². The van der Waals surface area contributed by atoms with Gasteiger partial charge in [0, 0.05) is 11.3 Å². The minimum Gasteiger partial charge on any atom is -0.497 e. The largest absolute Gasteiger partial charge is 0.497 e. The summed E-state index contributed by atoms with van der Waals surface area (Å²) in [6, 6.07) is 16.0. The fourth-order valence-electron chi connectivity index (χ4n) is 2.08. The Hall–Kier alpha value is -2.29. The SMILES string of the molecule is COc1ccc(N=C2CNc3ccccc32)cc1. The summed E-state index contributed by atoms with van der Waals surface area (Å²) in [6.45, 7) is 0.783. The third kappa shape index (κ3) is 1.95. The number of fused-ring (bicyclic) bond motifs is 1. The average molecular weight is 238 g/mol. The van der Waals surface area contributed by atoms with E-state index in [0.717, 1.165) is 29.4 Å². The third-order valence-electron chi connectivity index (χ3n) is 3.02. The maximum atomic E-state index is 5.13. The highest BCUT2D eigenvalue weighted by Crippen LogP contribution is 2.25. The van der Waals surface area contributed by atoms with Gasteiger partial charge in [-0.1, -0.05) is 18.2 Å². The molecule has 1 aliphatic rings. The van der Waals surface area contributed by atoms with Gasteiger partial charge in [-0.3, -0.25) is 4.99 Å². The van der Waals surface area contributed by atoms with Crippen molar-refractivity contribution in [3.63, 3.8) is 0 Å². The van der Waals surface area contributed by atoms with Crippen LogP contribution in [0.4, 0.5) is 11.4 Å². The Bertz CT molecular complexity index is 588. The summed E-state index contributed by atoms with van der Waals surface area (Å²) in [5.74, 6) is 0.851. The summed E-state index contributed by atoms with van der Waals surface area (Å²) in [5, 5.41) is 3.34. The monoisotopic (exact) mass is 238 g/mol. The molecule has 3 heteroatoms. The standard InChI is InChI=1S/C15H14N2O/c1-18-12-8-6-11(7-9-12)17-15-10-16-14-5-3-2-4-13(14)15/h2-9,16H,10H2,1H3. The van der Waals surface area contributed by atoms with Crippen LogP contribution in [0.1, 0.15) is 5.56 Å². The maximum absolute atomic E-state index is 5.13. The zero-order valence-corrected chi connectivity index (χ0v) is 10.2. The number of hydrogen-bond donors (Lipinski definition) is 1. The molecule has 1 heterocycles. The van der Waals surface area contributed by atoms with E-state index >= 15 is 0 Å². The van der Waals surface area contributed by atoms with Crippen LogP contribution in [0.2, 0.25) is 0 Å². The fourth-order valence-corrected chi connectivity index (χ4v) is 2.08. The van der Waals surface area contributed by atoms with Crippen molar-refractivity contribution in [2.75, 3.05) is 19.0 Å². The predicted octanol–water partition coefficient (Wildman–Crippen LogP) is 3.24. The molecule has 0 fully saturated rings. The Kier molecular flexibility index (Phi) is 2.73. The van der Waals surface area contributed by atoms with Crippen LogP contribution >= 0.6 is 0 Å². The van der Waals surface area contributed by atoms with Crippen LogP contribution in [-0.4, -0.2) is 19.4 Å². The van der Waals surface area contributed by atoms with Gasteiger partial charge in [0.1, 0.15) is 5.75 Å². The van der Waals surface area contributed by atoms with Gasteiger partial charge in [-0.2, -0.15) is 0 Å². The van der Waals surface area contributed by atoms with Crippen molar-refractivity contribution in [1.82, 2.24) is 0 Å². The van der Waals surface area contributed by atoms with E-state index in [4.69, 9.17) is 4.74 Å². The first kappa shape index (κ1) is 10.8. The van der Waals surface area contributed by atoms with E-state index in [1.54, 1.807) is 7.11 Å². The second-order valence-corrected chi connectivity index (χ2v) is 4.16. The zero-order chi connectivity index (χ0) is 12.4. The molecule has 0 saturated heterocycles. The molecular formula is C15H14N2O. The first-order valence-corrected chi connectivity index (χ1v) is 5.92. The lowest BCUT2D eigenvalue weighted by molar-refractivity contribution is 0.415. The lowest BCUT2D eigenvalue weighted by Gasteiger charge is -2.01. The number of benzene rings is 2. The zero-order valence-electron chi connectivity index (χ0n) is 10.2. The summed E-state index contributed by atoms with van der Waals surface area (Å²) < 4.78 is 5.13. The van der Waals surface area contributed by atoms with E-state index in [0.29, 0.717) is 0 Å². The highest BCUT2D eigenvalue weighted by molar-refractivity contribution is 6.12. The molecule has 90 valence electrons. The van der Waals surface area contributed by atoms with Gasteiger partial charge in [0.25, 0.3) is 0 Å². The van der Waals surface area contributed by atoms with Crippen molar-refractivity contribution in [3.05, 3.63) is 54.1 Å². The molecule has 0 amide bonds. The van der Waals surface area contributed by atoms with Crippen LogP contribution in [0.25, 0.3) is 0 Å². The number of nitrogens with one attached hydrogen (secondary N) is 1. The molecule has 0 bridgehead atoms. The van der Waals surface area contributed by atoms with Crippen molar-refractivity contribution in [2.24, 2.45) is 4.99 Å². The minimum atomic E-state index is 0.783. The van der Waals surface area contributed by atoms with Crippen molar-refractivity contribution in [3.8, 4) is 5.75 Å². The molecule has 1 aliphatic heterocycles. The van der Waals surface area contributed by atoms with Crippen molar-refractivity contribution in [1.29, 1.82) is 0 Å². The summed E-state index contributed by atoms with van der Waals surface area (Å²) >= 11 is 0. The van der Waals surface area contributed by atoms with Gasteiger partial charge in [0.05, 0.1) is 25.1 Å². The number of aliphatic imine (C=N–C) groups is 1.